The first-order valence-corrected chi connectivity index (χ1v) is 5.97. The number of carbonyl (C=O) groups is 1. The third-order valence-electron chi connectivity index (χ3n) is 2.67. The molecule has 2 rings (SSSR count). The van der Waals surface area contributed by atoms with Crippen LogP contribution < -0.4 is 4.74 Å². The van der Waals surface area contributed by atoms with Crippen LogP contribution >= 0.6 is 15.9 Å². The Morgan fingerprint density at radius 3 is 2.72 bits per heavy atom. The number of ketones is 1. The molecule has 1 aliphatic carbocycles. The number of benzene rings is 1. The van der Waals surface area contributed by atoms with E-state index in [0.29, 0.717) is 10.2 Å². The van der Waals surface area contributed by atoms with Gasteiger partial charge in [-0.15, -0.1) is 0 Å². The molecule has 0 spiro atoms. The van der Waals surface area contributed by atoms with Crippen molar-refractivity contribution in [3.63, 3.8) is 0 Å². The van der Waals surface area contributed by atoms with E-state index in [9.17, 15) is 14.9 Å². The first-order valence-electron chi connectivity index (χ1n) is 5.18. The van der Waals surface area contributed by atoms with Crippen LogP contribution in [0.4, 0.5) is 5.69 Å². The van der Waals surface area contributed by atoms with Crippen molar-refractivity contribution in [3.05, 3.63) is 32.8 Å². The Labute approximate surface area is 111 Å². The molecule has 0 radical (unpaired) electrons. The van der Waals surface area contributed by atoms with Crippen LogP contribution in [0.25, 0.3) is 0 Å². The van der Waals surface area contributed by atoms with Crippen molar-refractivity contribution in [1.82, 2.24) is 0 Å². The van der Waals surface area contributed by atoms with Crippen molar-refractivity contribution in [2.75, 3.05) is 7.11 Å². The number of carbonyl (C=O) groups excluding carboxylic acids is 1. The lowest BCUT2D eigenvalue weighted by Gasteiger charge is -2.33. The Bertz CT molecular complexity index is 504. The summed E-state index contributed by atoms with van der Waals surface area (Å²) in [7, 11) is 1.43. The molecule has 2 atom stereocenters. The quantitative estimate of drug-likeness (QED) is 0.628. The fourth-order valence-electron chi connectivity index (χ4n) is 1.75. The van der Waals surface area contributed by atoms with Crippen molar-refractivity contribution >= 4 is 27.4 Å². The highest BCUT2D eigenvalue weighted by Crippen LogP contribution is 2.30. The SMILES string of the molecule is COC1C(=O)CC1Oc1cc(Br)cc([N+](=O)[O-])c1. The zero-order valence-electron chi connectivity index (χ0n) is 9.46. The molecule has 1 fully saturated rings. The van der Waals surface area contributed by atoms with Gasteiger partial charge in [0.15, 0.2) is 11.9 Å². The molecule has 0 aromatic heterocycles. The molecular formula is C11H10BrNO5. The topological polar surface area (TPSA) is 78.7 Å². The van der Waals surface area contributed by atoms with Crippen molar-refractivity contribution in [1.29, 1.82) is 0 Å². The third-order valence-corrected chi connectivity index (χ3v) is 3.12. The Morgan fingerprint density at radius 1 is 1.44 bits per heavy atom. The van der Waals surface area contributed by atoms with E-state index in [4.69, 9.17) is 9.47 Å². The molecule has 18 heavy (non-hydrogen) atoms. The van der Waals surface area contributed by atoms with E-state index >= 15 is 0 Å². The number of Topliss-reactive ketones (excluding diaryl/α,β-unsaturated/α-hetero) is 1. The predicted octanol–water partition coefficient (Wildman–Crippen LogP) is 2.09. The second-order valence-electron chi connectivity index (χ2n) is 3.89. The minimum atomic E-state index is -0.581. The number of nitro benzene ring substituents is 1. The number of hydrogen-bond acceptors (Lipinski definition) is 5. The van der Waals surface area contributed by atoms with Crippen molar-refractivity contribution < 1.29 is 19.2 Å². The second-order valence-corrected chi connectivity index (χ2v) is 4.80. The summed E-state index contributed by atoms with van der Waals surface area (Å²) >= 11 is 3.17. The maximum Gasteiger partial charge on any atom is 0.274 e. The number of rotatable bonds is 4. The molecule has 1 aromatic rings. The third kappa shape index (κ3) is 2.51. The highest BCUT2D eigenvalue weighted by atomic mass is 79.9. The zero-order chi connectivity index (χ0) is 13.3. The monoisotopic (exact) mass is 315 g/mol. The summed E-state index contributed by atoms with van der Waals surface area (Å²) < 4.78 is 11.0. The zero-order valence-corrected chi connectivity index (χ0v) is 11.0. The van der Waals surface area contributed by atoms with E-state index in [-0.39, 0.29) is 24.0 Å². The Morgan fingerprint density at radius 2 is 2.17 bits per heavy atom. The van der Waals surface area contributed by atoms with Gasteiger partial charge in [-0.1, -0.05) is 15.9 Å². The number of nitro groups is 1. The van der Waals surface area contributed by atoms with Gasteiger partial charge in [0.25, 0.3) is 5.69 Å². The minimum Gasteiger partial charge on any atom is -0.486 e. The van der Waals surface area contributed by atoms with E-state index in [1.54, 1.807) is 6.07 Å². The average Bonchev–Trinajstić information content (AvgIpc) is 2.27. The van der Waals surface area contributed by atoms with Crippen LogP contribution in [-0.2, 0) is 9.53 Å². The fraction of sp³-hybridized carbons (Fsp3) is 0.364. The van der Waals surface area contributed by atoms with Gasteiger partial charge in [-0.05, 0) is 6.07 Å². The number of halogens is 1. The maximum atomic E-state index is 11.2. The minimum absolute atomic E-state index is 0.0213. The smallest absolute Gasteiger partial charge is 0.274 e. The Hall–Kier alpha value is -1.47. The molecule has 0 aliphatic heterocycles. The van der Waals surface area contributed by atoms with Gasteiger partial charge in [0, 0.05) is 24.1 Å². The molecule has 6 nitrogen and oxygen atoms in total. The summed E-state index contributed by atoms with van der Waals surface area (Å²) in [5.74, 6) is 0.322. The molecule has 0 bridgehead atoms. The summed E-state index contributed by atoms with van der Waals surface area (Å²) in [5, 5.41) is 10.7. The van der Waals surface area contributed by atoms with Gasteiger partial charge < -0.3 is 9.47 Å². The van der Waals surface area contributed by atoms with Crippen LogP contribution in [-0.4, -0.2) is 30.0 Å². The lowest BCUT2D eigenvalue weighted by Crippen LogP contribution is -2.51. The van der Waals surface area contributed by atoms with Gasteiger partial charge in [0.1, 0.15) is 11.9 Å². The molecule has 96 valence electrons. The summed E-state index contributed by atoms with van der Waals surface area (Å²) in [6, 6.07) is 4.31. The highest BCUT2D eigenvalue weighted by molar-refractivity contribution is 9.10. The Kier molecular flexibility index (Phi) is 3.63. The molecule has 0 heterocycles. The van der Waals surface area contributed by atoms with E-state index in [1.807, 2.05) is 0 Å². The lowest BCUT2D eigenvalue weighted by molar-refractivity contribution is -0.385. The molecule has 2 unspecified atom stereocenters. The van der Waals surface area contributed by atoms with Gasteiger partial charge in [0.05, 0.1) is 11.0 Å². The van der Waals surface area contributed by atoms with Crippen molar-refractivity contribution in [3.8, 4) is 5.75 Å². The molecular weight excluding hydrogens is 306 g/mol. The number of ether oxygens (including phenoxy) is 2. The number of non-ortho nitro benzene ring substituents is 1. The van der Waals surface area contributed by atoms with Crippen LogP contribution in [0, 0.1) is 10.1 Å². The van der Waals surface area contributed by atoms with Crippen LogP contribution in [0.1, 0.15) is 6.42 Å². The summed E-state index contributed by atoms with van der Waals surface area (Å²) in [6.07, 6.45) is -0.696. The summed E-state index contributed by atoms with van der Waals surface area (Å²) in [4.78, 5) is 21.4. The van der Waals surface area contributed by atoms with E-state index in [2.05, 4.69) is 15.9 Å². The standard InChI is InChI=1S/C11H10BrNO5/c1-17-11-9(14)5-10(11)18-8-3-6(12)2-7(4-8)13(15)16/h2-4,10-11H,5H2,1H3. The average molecular weight is 316 g/mol. The number of nitrogens with zero attached hydrogens (tertiary/aromatic N) is 1. The van der Waals surface area contributed by atoms with Crippen LogP contribution in [0.5, 0.6) is 5.75 Å². The van der Waals surface area contributed by atoms with Gasteiger partial charge in [-0.25, -0.2) is 0 Å². The lowest BCUT2D eigenvalue weighted by atomic mass is 9.90. The largest absolute Gasteiger partial charge is 0.486 e. The molecule has 7 heteroatoms. The first kappa shape index (κ1) is 13.0. The van der Waals surface area contributed by atoms with Gasteiger partial charge in [-0.2, -0.15) is 0 Å². The first-order chi connectivity index (χ1) is 8.51. The van der Waals surface area contributed by atoms with Crippen LogP contribution in [0.3, 0.4) is 0 Å². The highest BCUT2D eigenvalue weighted by Gasteiger charge is 2.42. The summed E-state index contributed by atoms with van der Waals surface area (Å²) in [5.41, 5.74) is -0.0704. The normalized spacial score (nSPS) is 22.4. The molecule has 1 aliphatic rings. The molecule has 1 aromatic carbocycles. The number of methoxy groups -OCH3 is 1. The van der Waals surface area contributed by atoms with E-state index in [1.165, 1.54) is 19.2 Å². The summed E-state index contributed by atoms with van der Waals surface area (Å²) in [6.45, 7) is 0. The Balaban J connectivity index is 2.15. The van der Waals surface area contributed by atoms with Gasteiger partial charge >= 0.3 is 0 Å². The molecule has 0 amide bonds. The van der Waals surface area contributed by atoms with Crippen molar-refractivity contribution in [2.45, 2.75) is 18.6 Å². The predicted molar refractivity (Wildman–Crippen MR) is 65.6 cm³/mol. The molecule has 0 N–H and O–H groups in total. The van der Waals surface area contributed by atoms with E-state index < -0.39 is 11.0 Å². The van der Waals surface area contributed by atoms with E-state index in [0.717, 1.165) is 0 Å². The van der Waals surface area contributed by atoms with Crippen LogP contribution in [0.2, 0.25) is 0 Å². The molecule has 0 saturated heterocycles. The number of hydrogen-bond donors (Lipinski definition) is 0. The maximum absolute atomic E-state index is 11.2. The van der Waals surface area contributed by atoms with Gasteiger partial charge in [0.2, 0.25) is 0 Å². The van der Waals surface area contributed by atoms with Crippen molar-refractivity contribution in [2.24, 2.45) is 0 Å². The fourth-order valence-corrected chi connectivity index (χ4v) is 2.21. The second kappa shape index (κ2) is 5.03. The molecule has 1 saturated carbocycles. The van der Waals surface area contributed by atoms with Crippen LogP contribution in [0.15, 0.2) is 22.7 Å². The van der Waals surface area contributed by atoms with Gasteiger partial charge in [-0.3, -0.25) is 14.9 Å².